The van der Waals surface area contributed by atoms with Gasteiger partial charge in [0.1, 0.15) is 28.9 Å². The molecule has 0 bridgehead atoms. The van der Waals surface area contributed by atoms with Crippen LogP contribution in [0.3, 0.4) is 0 Å². The first-order chi connectivity index (χ1) is 19.8. The lowest BCUT2D eigenvalue weighted by molar-refractivity contribution is 0.292. The van der Waals surface area contributed by atoms with Crippen LogP contribution in [-0.4, -0.2) is 77.0 Å². The molecule has 0 saturated carbocycles. The maximum absolute atomic E-state index is 14.8. The van der Waals surface area contributed by atoms with Gasteiger partial charge in [-0.1, -0.05) is 12.1 Å². The third kappa shape index (κ3) is 5.32. The fourth-order valence-electron chi connectivity index (χ4n) is 6.14. The predicted octanol–water partition coefficient (Wildman–Crippen LogP) is 5.31. The first-order valence-electron chi connectivity index (χ1n) is 13.9. The molecule has 2 aromatic heterocycles. The number of phenolic OH excluding ortho intramolecular Hbond substituents is 1. The molecule has 5 heterocycles. The van der Waals surface area contributed by atoms with Crippen molar-refractivity contribution in [3.05, 3.63) is 52.1 Å². The second-order valence-electron chi connectivity index (χ2n) is 10.7. The summed E-state index contributed by atoms with van der Waals surface area (Å²) in [6.45, 7) is 5.08. The Hall–Kier alpha value is -3.44. The number of hydrogen-bond donors (Lipinski definition) is 1. The fraction of sp³-hybridized carbons (Fsp3) is 0.433. The third-order valence-electron chi connectivity index (χ3n) is 8.07. The van der Waals surface area contributed by atoms with Crippen molar-refractivity contribution < 1.29 is 23.0 Å². The van der Waals surface area contributed by atoms with Crippen LogP contribution in [-0.2, 0) is 0 Å². The molecule has 2 atom stereocenters. The van der Waals surface area contributed by atoms with Crippen LogP contribution in [0.5, 0.6) is 11.8 Å². The zero-order valence-corrected chi connectivity index (χ0v) is 23.8. The normalized spacial score (nSPS) is 20.7. The average molecular weight is 583 g/mol. The van der Waals surface area contributed by atoms with Crippen molar-refractivity contribution in [3.8, 4) is 23.1 Å². The van der Waals surface area contributed by atoms with E-state index in [1.54, 1.807) is 19.1 Å². The highest BCUT2D eigenvalue weighted by Crippen LogP contribution is 2.38. The number of ether oxygens (including phenoxy) is 1. The topological polar surface area (TPSA) is 91.9 Å². The Morgan fingerprint density at radius 3 is 2.71 bits per heavy atom. The summed E-state index contributed by atoms with van der Waals surface area (Å²) in [7, 11) is 1.47. The van der Waals surface area contributed by atoms with Crippen molar-refractivity contribution in [3.63, 3.8) is 0 Å². The average Bonchev–Trinajstić information content (AvgIpc) is 3.55. The van der Waals surface area contributed by atoms with Crippen LogP contribution in [0.15, 0.2) is 39.5 Å². The van der Waals surface area contributed by atoms with Crippen molar-refractivity contribution in [2.24, 2.45) is 0 Å². The molecule has 3 saturated heterocycles. The number of thioether (sulfide) groups is 1. The monoisotopic (exact) mass is 582 g/mol. The largest absolute Gasteiger partial charge is 0.508 e. The summed E-state index contributed by atoms with van der Waals surface area (Å²) in [6.07, 6.45) is 2.81. The lowest BCUT2D eigenvalue weighted by Crippen LogP contribution is -2.34. The molecular weight excluding hydrogens is 550 g/mol. The number of aromatic hydroxyl groups is 1. The number of hydrogen-bond acceptors (Lipinski definition) is 9. The molecule has 2 aromatic carbocycles. The Bertz CT molecular complexity index is 1650. The van der Waals surface area contributed by atoms with Gasteiger partial charge in [-0.2, -0.15) is 21.7 Å². The second-order valence-corrected chi connectivity index (χ2v) is 11.9. The summed E-state index contributed by atoms with van der Waals surface area (Å²) in [5.74, 6) is 1.92. The minimum absolute atomic E-state index is 0.0629. The van der Waals surface area contributed by atoms with E-state index in [0.29, 0.717) is 34.9 Å². The predicted molar refractivity (Wildman–Crippen MR) is 158 cm³/mol. The highest BCUT2D eigenvalue weighted by Gasteiger charge is 2.34. The number of methoxy groups -OCH3 is 1. The maximum Gasteiger partial charge on any atom is 0.349 e. The highest BCUT2D eigenvalue weighted by molar-refractivity contribution is 7.99. The summed E-state index contributed by atoms with van der Waals surface area (Å²) in [6, 6.07) is 8.18. The summed E-state index contributed by atoms with van der Waals surface area (Å²) in [5.41, 5.74) is 0.569. The molecule has 0 spiro atoms. The number of anilines is 1. The number of halogens is 2. The van der Waals surface area contributed by atoms with E-state index in [1.165, 1.54) is 38.2 Å². The molecule has 0 aliphatic carbocycles. The van der Waals surface area contributed by atoms with E-state index in [2.05, 4.69) is 14.9 Å². The summed E-state index contributed by atoms with van der Waals surface area (Å²) in [4.78, 5) is 26.4. The van der Waals surface area contributed by atoms with E-state index in [4.69, 9.17) is 9.15 Å². The summed E-state index contributed by atoms with van der Waals surface area (Å²) in [5, 5.41) is 11.3. The molecule has 7 rings (SSSR count). The van der Waals surface area contributed by atoms with Crippen LogP contribution in [0.4, 0.5) is 14.6 Å². The number of benzene rings is 2. The zero-order valence-electron chi connectivity index (χ0n) is 23.0. The van der Waals surface area contributed by atoms with Crippen LogP contribution in [0, 0.1) is 12.7 Å². The van der Waals surface area contributed by atoms with Gasteiger partial charge < -0.3 is 19.2 Å². The van der Waals surface area contributed by atoms with Gasteiger partial charge in [0.25, 0.3) is 0 Å². The number of alkyl halides is 1. The molecule has 216 valence electrons. The van der Waals surface area contributed by atoms with Gasteiger partial charge in [0, 0.05) is 53.7 Å². The van der Waals surface area contributed by atoms with Gasteiger partial charge in [-0.3, -0.25) is 4.90 Å². The molecule has 2 unspecified atom stereocenters. The minimum atomic E-state index is -0.621. The fourth-order valence-corrected chi connectivity index (χ4v) is 7.04. The Labute approximate surface area is 240 Å². The molecule has 8 nitrogen and oxygen atoms in total. The van der Waals surface area contributed by atoms with Gasteiger partial charge >= 0.3 is 11.6 Å². The number of rotatable bonds is 3. The van der Waals surface area contributed by atoms with Gasteiger partial charge in [0.2, 0.25) is 0 Å². The quantitative estimate of drug-likeness (QED) is 0.345. The van der Waals surface area contributed by atoms with Crippen LogP contribution >= 0.6 is 11.8 Å². The Morgan fingerprint density at radius 2 is 1.95 bits per heavy atom. The molecule has 3 aliphatic rings. The van der Waals surface area contributed by atoms with E-state index >= 15 is 0 Å². The van der Waals surface area contributed by atoms with Gasteiger partial charge in [-0.15, -0.1) is 0 Å². The first-order valence-corrected chi connectivity index (χ1v) is 15.0. The van der Waals surface area contributed by atoms with E-state index < -0.39 is 17.6 Å². The first kappa shape index (κ1) is 27.7. The summed E-state index contributed by atoms with van der Waals surface area (Å²) >= 11 is 1.84. The number of nitrogens with zero attached hydrogens (tertiary/aromatic N) is 4. The lowest BCUT2D eigenvalue weighted by atomic mass is 9.98. The molecule has 41 heavy (non-hydrogen) atoms. The van der Waals surface area contributed by atoms with Crippen molar-refractivity contribution in [2.45, 2.75) is 38.4 Å². The van der Waals surface area contributed by atoms with Crippen molar-refractivity contribution in [1.29, 1.82) is 0 Å². The number of fused-ring (bicyclic) bond motifs is 3. The maximum atomic E-state index is 14.8. The lowest BCUT2D eigenvalue weighted by Gasteiger charge is -2.28. The second kappa shape index (κ2) is 11.4. The van der Waals surface area contributed by atoms with E-state index in [9.17, 15) is 18.7 Å². The van der Waals surface area contributed by atoms with Gasteiger partial charge in [0.05, 0.1) is 12.6 Å². The van der Waals surface area contributed by atoms with Crippen molar-refractivity contribution >= 4 is 39.3 Å². The van der Waals surface area contributed by atoms with Crippen molar-refractivity contribution in [1.82, 2.24) is 14.9 Å². The summed E-state index contributed by atoms with van der Waals surface area (Å²) < 4.78 is 38.4. The molecule has 3 fully saturated rings. The van der Waals surface area contributed by atoms with Crippen LogP contribution in [0.2, 0.25) is 0 Å². The van der Waals surface area contributed by atoms with Crippen molar-refractivity contribution in [2.75, 3.05) is 49.7 Å². The molecule has 0 amide bonds. The molecule has 11 heteroatoms. The van der Waals surface area contributed by atoms with E-state index in [1.807, 2.05) is 16.7 Å². The van der Waals surface area contributed by atoms with Crippen LogP contribution in [0.1, 0.15) is 24.8 Å². The highest BCUT2D eigenvalue weighted by atomic mass is 32.2. The Balaban J connectivity index is 0.000000283. The Morgan fingerprint density at radius 1 is 1.15 bits per heavy atom. The SMILES string of the molecule is COc1nc(N2CCSCC2)c2c(=O)oc(-c3cc(O)cc4cccc(F)c34)c(C)c2n1.FC1CC2CCCN2C1. The zero-order chi connectivity index (χ0) is 28.7. The Kier molecular flexibility index (Phi) is 7.74. The smallest absolute Gasteiger partial charge is 0.349 e. The molecule has 0 radical (unpaired) electrons. The standard InChI is InChI=1S/C23H20FN3O4S.C7H12FN/c1-12-19-18(21(26-23(25-19)30-2)27-6-8-32-9-7-27)22(29)31-20(12)15-11-14(28)10-13-4-3-5-16(24)17(13)15;8-6-4-7-2-1-3-9(7)5-6/h3-5,10-11,28H,6-9H2,1-2H3;6-7H,1-5H2. The van der Waals surface area contributed by atoms with Gasteiger partial charge in [-0.05, 0) is 56.3 Å². The third-order valence-corrected chi connectivity index (χ3v) is 9.01. The number of phenols is 1. The van der Waals surface area contributed by atoms with Gasteiger partial charge in [-0.25, -0.2) is 13.6 Å². The number of aromatic nitrogens is 2. The van der Waals surface area contributed by atoms with Crippen LogP contribution in [0.25, 0.3) is 33.0 Å². The minimum Gasteiger partial charge on any atom is -0.508 e. The number of aryl methyl sites for hydroxylation is 1. The molecule has 3 aliphatic heterocycles. The van der Waals surface area contributed by atoms with E-state index in [0.717, 1.165) is 37.6 Å². The molecular formula is C30H32F2N4O4S. The molecule has 4 aromatic rings. The molecule has 1 N–H and O–H groups in total. The van der Waals surface area contributed by atoms with E-state index in [-0.39, 0.29) is 33.9 Å². The van der Waals surface area contributed by atoms with Gasteiger partial charge in [0.15, 0.2) is 5.82 Å². The van der Waals surface area contributed by atoms with Crippen LogP contribution < -0.4 is 15.3 Å².